The molecule has 0 atom stereocenters. The van der Waals surface area contributed by atoms with Crippen molar-refractivity contribution in [1.82, 2.24) is 0 Å². The SMILES string of the molecule is COCC(Cl)=C(C)C. The van der Waals surface area contributed by atoms with Gasteiger partial charge in [-0.3, -0.25) is 0 Å². The Morgan fingerprint density at radius 3 is 2.12 bits per heavy atom. The van der Waals surface area contributed by atoms with E-state index in [4.69, 9.17) is 16.3 Å². The number of ether oxygens (including phenoxy) is 1. The van der Waals surface area contributed by atoms with Crippen molar-refractivity contribution in [2.24, 2.45) is 0 Å². The number of rotatable bonds is 2. The third-order valence-corrected chi connectivity index (χ3v) is 1.30. The summed E-state index contributed by atoms with van der Waals surface area (Å²) in [6.07, 6.45) is 0. The smallest absolute Gasteiger partial charge is 0.0818 e. The van der Waals surface area contributed by atoms with Crippen molar-refractivity contribution in [2.75, 3.05) is 13.7 Å². The molecule has 8 heavy (non-hydrogen) atoms. The molecule has 1 nitrogen and oxygen atoms in total. The van der Waals surface area contributed by atoms with Gasteiger partial charge in [0.1, 0.15) is 0 Å². The molecule has 2 heteroatoms. The molecule has 0 aromatic heterocycles. The molecule has 0 aliphatic heterocycles. The van der Waals surface area contributed by atoms with Gasteiger partial charge in [0.05, 0.1) is 6.61 Å². The summed E-state index contributed by atoms with van der Waals surface area (Å²) >= 11 is 5.67. The van der Waals surface area contributed by atoms with Crippen molar-refractivity contribution < 1.29 is 4.74 Å². The van der Waals surface area contributed by atoms with Gasteiger partial charge >= 0.3 is 0 Å². The van der Waals surface area contributed by atoms with E-state index in [0.717, 1.165) is 10.6 Å². The Morgan fingerprint density at radius 2 is 2.00 bits per heavy atom. The van der Waals surface area contributed by atoms with Gasteiger partial charge in [0.15, 0.2) is 0 Å². The standard InChI is InChI=1S/C6H11ClO/c1-5(2)6(7)4-8-3/h4H2,1-3H3. The molecule has 0 aliphatic rings. The Kier molecular flexibility index (Phi) is 3.92. The highest BCUT2D eigenvalue weighted by molar-refractivity contribution is 6.30. The monoisotopic (exact) mass is 134 g/mol. The number of allylic oxidation sites excluding steroid dienone is 1. The van der Waals surface area contributed by atoms with Gasteiger partial charge < -0.3 is 4.74 Å². The molecule has 0 rings (SSSR count). The Hall–Kier alpha value is -0.0100. The fourth-order valence-corrected chi connectivity index (χ4v) is 0.380. The summed E-state index contributed by atoms with van der Waals surface area (Å²) in [7, 11) is 1.63. The number of halogens is 1. The van der Waals surface area contributed by atoms with Gasteiger partial charge in [-0.15, -0.1) is 0 Å². The molecule has 0 fully saturated rings. The molecule has 0 heterocycles. The third-order valence-electron chi connectivity index (χ3n) is 0.814. The molecule has 0 aromatic carbocycles. The lowest BCUT2D eigenvalue weighted by Gasteiger charge is -1.96. The average Bonchev–Trinajstić information content (AvgIpc) is 1.67. The maximum atomic E-state index is 5.67. The van der Waals surface area contributed by atoms with Crippen LogP contribution in [0.2, 0.25) is 0 Å². The first-order valence-corrected chi connectivity index (χ1v) is 2.87. The van der Waals surface area contributed by atoms with Crippen LogP contribution >= 0.6 is 11.6 Å². The zero-order valence-electron chi connectivity index (χ0n) is 5.49. The normalized spacial score (nSPS) is 9.00. The Labute approximate surface area is 55.3 Å². The molecular weight excluding hydrogens is 124 g/mol. The highest BCUT2D eigenvalue weighted by Gasteiger charge is 1.90. The Bertz CT molecular complexity index is 92.7. The average molecular weight is 135 g/mol. The van der Waals surface area contributed by atoms with E-state index < -0.39 is 0 Å². The second kappa shape index (κ2) is 3.93. The van der Waals surface area contributed by atoms with E-state index in [1.165, 1.54) is 0 Å². The van der Waals surface area contributed by atoms with Gasteiger partial charge in [-0.25, -0.2) is 0 Å². The summed E-state index contributed by atoms with van der Waals surface area (Å²) < 4.78 is 4.78. The van der Waals surface area contributed by atoms with Gasteiger partial charge in [-0.05, 0) is 13.8 Å². The molecule has 0 N–H and O–H groups in total. The van der Waals surface area contributed by atoms with Crippen molar-refractivity contribution in [3.63, 3.8) is 0 Å². The van der Waals surface area contributed by atoms with Gasteiger partial charge in [-0.2, -0.15) is 0 Å². The van der Waals surface area contributed by atoms with Crippen molar-refractivity contribution in [3.8, 4) is 0 Å². The van der Waals surface area contributed by atoms with Gasteiger partial charge in [0.25, 0.3) is 0 Å². The van der Waals surface area contributed by atoms with Crippen LogP contribution in [0.15, 0.2) is 10.6 Å². The molecule has 0 aliphatic carbocycles. The summed E-state index contributed by atoms with van der Waals surface area (Å²) in [5.41, 5.74) is 1.12. The maximum absolute atomic E-state index is 5.67. The van der Waals surface area contributed by atoms with Crippen molar-refractivity contribution in [2.45, 2.75) is 13.8 Å². The highest BCUT2D eigenvalue weighted by atomic mass is 35.5. The van der Waals surface area contributed by atoms with Crippen LogP contribution in [0.1, 0.15) is 13.8 Å². The summed E-state index contributed by atoms with van der Waals surface area (Å²) in [4.78, 5) is 0. The van der Waals surface area contributed by atoms with Crippen LogP contribution < -0.4 is 0 Å². The first-order valence-electron chi connectivity index (χ1n) is 2.49. The van der Waals surface area contributed by atoms with Crippen LogP contribution in [0.3, 0.4) is 0 Å². The molecule has 0 amide bonds. The molecular formula is C6H11ClO. The van der Waals surface area contributed by atoms with E-state index in [9.17, 15) is 0 Å². The first-order chi connectivity index (χ1) is 3.68. The minimum absolute atomic E-state index is 0.532. The molecule has 0 spiro atoms. The summed E-state index contributed by atoms with van der Waals surface area (Å²) in [6, 6.07) is 0. The summed E-state index contributed by atoms with van der Waals surface area (Å²) in [5.74, 6) is 0. The van der Waals surface area contributed by atoms with E-state index in [2.05, 4.69) is 0 Å². The van der Waals surface area contributed by atoms with Crippen LogP contribution in [0.4, 0.5) is 0 Å². The number of hydrogen-bond donors (Lipinski definition) is 0. The summed E-state index contributed by atoms with van der Waals surface area (Å²) in [6.45, 7) is 4.45. The molecule has 0 saturated carbocycles. The topological polar surface area (TPSA) is 9.23 Å². The minimum Gasteiger partial charge on any atom is -0.379 e. The minimum atomic E-state index is 0.532. The number of hydrogen-bond acceptors (Lipinski definition) is 1. The van der Waals surface area contributed by atoms with Crippen LogP contribution in [0.5, 0.6) is 0 Å². The van der Waals surface area contributed by atoms with E-state index >= 15 is 0 Å². The fraction of sp³-hybridized carbons (Fsp3) is 0.667. The Morgan fingerprint density at radius 1 is 1.50 bits per heavy atom. The van der Waals surface area contributed by atoms with Gasteiger partial charge in [0, 0.05) is 12.1 Å². The largest absolute Gasteiger partial charge is 0.379 e. The molecule has 0 unspecified atom stereocenters. The van der Waals surface area contributed by atoms with E-state index in [-0.39, 0.29) is 0 Å². The lowest BCUT2D eigenvalue weighted by molar-refractivity contribution is 0.230. The molecule has 0 saturated heterocycles. The van der Waals surface area contributed by atoms with E-state index in [1.807, 2.05) is 13.8 Å². The lowest BCUT2D eigenvalue weighted by atomic mass is 10.3. The van der Waals surface area contributed by atoms with E-state index in [1.54, 1.807) is 7.11 Å². The Balaban J connectivity index is 3.62. The predicted octanol–water partition coefficient (Wildman–Crippen LogP) is 2.17. The first kappa shape index (κ1) is 7.99. The molecule has 0 bridgehead atoms. The van der Waals surface area contributed by atoms with Gasteiger partial charge in [0.2, 0.25) is 0 Å². The van der Waals surface area contributed by atoms with Crippen molar-refractivity contribution >= 4 is 11.6 Å². The zero-order chi connectivity index (χ0) is 6.57. The number of methoxy groups -OCH3 is 1. The maximum Gasteiger partial charge on any atom is 0.0818 e. The second-order valence-corrected chi connectivity index (χ2v) is 2.29. The second-order valence-electron chi connectivity index (χ2n) is 1.84. The lowest BCUT2D eigenvalue weighted by Crippen LogP contribution is -1.88. The van der Waals surface area contributed by atoms with Crippen molar-refractivity contribution in [3.05, 3.63) is 10.6 Å². The van der Waals surface area contributed by atoms with Crippen LogP contribution in [0, 0.1) is 0 Å². The molecule has 0 aromatic rings. The third kappa shape index (κ3) is 3.05. The van der Waals surface area contributed by atoms with Crippen LogP contribution in [-0.2, 0) is 4.74 Å². The van der Waals surface area contributed by atoms with Crippen LogP contribution in [-0.4, -0.2) is 13.7 Å². The summed E-state index contributed by atoms with van der Waals surface area (Å²) in [5, 5.41) is 0.799. The quantitative estimate of drug-likeness (QED) is 0.563. The molecule has 0 radical (unpaired) electrons. The van der Waals surface area contributed by atoms with Crippen LogP contribution in [0.25, 0.3) is 0 Å². The predicted molar refractivity (Wildman–Crippen MR) is 36.1 cm³/mol. The van der Waals surface area contributed by atoms with Gasteiger partial charge in [-0.1, -0.05) is 17.2 Å². The van der Waals surface area contributed by atoms with E-state index in [0.29, 0.717) is 6.61 Å². The van der Waals surface area contributed by atoms with Crippen molar-refractivity contribution in [1.29, 1.82) is 0 Å². The zero-order valence-corrected chi connectivity index (χ0v) is 6.25. The molecule has 48 valence electrons. The highest BCUT2D eigenvalue weighted by Crippen LogP contribution is 2.06. The fourth-order valence-electron chi connectivity index (χ4n) is 0.271.